The Morgan fingerprint density at radius 1 is 1.48 bits per heavy atom. The van der Waals surface area contributed by atoms with E-state index in [2.05, 4.69) is 20.5 Å². The molecule has 0 aliphatic heterocycles. The predicted octanol–water partition coefficient (Wildman–Crippen LogP) is 1.21. The smallest absolute Gasteiger partial charge is 0.325 e. The van der Waals surface area contributed by atoms with Crippen molar-refractivity contribution in [3.63, 3.8) is 0 Å². The van der Waals surface area contributed by atoms with Crippen LogP contribution in [0, 0.1) is 0 Å². The lowest BCUT2D eigenvalue weighted by Crippen LogP contribution is -2.10. The van der Waals surface area contributed by atoms with Crippen molar-refractivity contribution in [1.82, 2.24) is 15.2 Å². The summed E-state index contributed by atoms with van der Waals surface area (Å²) in [5.74, 6) is 0.650. The number of unbranched alkanes of at least 4 members (excludes halogenated alkanes) is 1. The molecule has 0 saturated heterocycles. The van der Waals surface area contributed by atoms with Crippen LogP contribution in [0.15, 0.2) is 29.3 Å². The average molecular weight is 340 g/mol. The van der Waals surface area contributed by atoms with Gasteiger partial charge in [-0.25, -0.2) is 5.10 Å². The zero-order valence-corrected chi connectivity index (χ0v) is 13.3. The number of ether oxygens (including phenoxy) is 1. The molecule has 23 heavy (non-hydrogen) atoms. The summed E-state index contributed by atoms with van der Waals surface area (Å²) in [5, 5.41) is 9.88. The molecule has 2 aromatic rings. The Morgan fingerprint density at radius 2 is 2.26 bits per heavy atom. The first-order valence-electron chi connectivity index (χ1n) is 6.79. The molecule has 0 radical (unpaired) electrons. The molecule has 0 fully saturated rings. The third-order valence-corrected chi connectivity index (χ3v) is 3.87. The monoisotopic (exact) mass is 340 g/mol. The number of nitrogens with one attached hydrogen (secondary N) is 2. The van der Waals surface area contributed by atoms with Crippen LogP contribution in [0.2, 0.25) is 0 Å². The van der Waals surface area contributed by atoms with Crippen LogP contribution in [0.25, 0.3) is 10.8 Å². The summed E-state index contributed by atoms with van der Waals surface area (Å²) in [4.78, 5) is 33.4. The summed E-state index contributed by atoms with van der Waals surface area (Å²) in [6.07, 6.45) is 5.61. The molecule has 0 aromatic carbocycles. The fourth-order valence-electron chi connectivity index (χ4n) is 1.95. The molecular weight excluding hydrogens is 323 g/mol. The minimum absolute atomic E-state index is 0.145. The van der Waals surface area contributed by atoms with E-state index in [9.17, 15) is 9.36 Å². The number of hydrogen-bond donors (Lipinski definition) is 4. The number of rotatable bonds is 7. The Kier molecular flexibility index (Phi) is 5.49. The lowest BCUT2D eigenvalue weighted by atomic mass is 10.2. The van der Waals surface area contributed by atoms with Gasteiger partial charge in [-0.1, -0.05) is 6.08 Å². The van der Waals surface area contributed by atoms with Gasteiger partial charge in [0.2, 0.25) is 5.88 Å². The molecule has 124 valence electrons. The number of methoxy groups -OCH3 is 1. The quantitative estimate of drug-likeness (QED) is 0.436. The van der Waals surface area contributed by atoms with Crippen LogP contribution in [-0.4, -0.2) is 38.2 Å². The van der Waals surface area contributed by atoms with Crippen molar-refractivity contribution < 1.29 is 19.1 Å². The van der Waals surface area contributed by atoms with Gasteiger partial charge in [0.25, 0.3) is 5.56 Å². The first-order valence-corrected chi connectivity index (χ1v) is 8.59. The summed E-state index contributed by atoms with van der Waals surface area (Å²) < 4.78 is 15.8. The predicted molar refractivity (Wildman–Crippen MR) is 85.6 cm³/mol. The van der Waals surface area contributed by atoms with Gasteiger partial charge >= 0.3 is 7.60 Å². The van der Waals surface area contributed by atoms with E-state index in [0.29, 0.717) is 29.4 Å². The summed E-state index contributed by atoms with van der Waals surface area (Å²) in [6, 6.07) is 1.65. The van der Waals surface area contributed by atoms with E-state index in [4.69, 9.17) is 14.5 Å². The summed E-state index contributed by atoms with van der Waals surface area (Å²) in [7, 11) is -2.52. The second-order valence-corrected chi connectivity index (χ2v) is 6.53. The van der Waals surface area contributed by atoms with E-state index in [0.717, 1.165) is 0 Å². The van der Waals surface area contributed by atoms with Crippen LogP contribution < -0.4 is 15.6 Å². The fourth-order valence-corrected chi connectivity index (χ4v) is 2.55. The molecule has 9 nitrogen and oxygen atoms in total. The van der Waals surface area contributed by atoms with E-state index in [1.807, 2.05) is 0 Å². The molecule has 2 rings (SSSR count). The van der Waals surface area contributed by atoms with Gasteiger partial charge in [-0.05, 0) is 25.1 Å². The van der Waals surface area contributed by atoms with E-state index in [1.165, 1.54) is 13.3 Å². The number of hydrogen-bond acceptors (Lipinski definition) is 6. The van der Waals surface area contributed by atoms with E-state index in [1.54, 1.807) is 18.3 Å². The Morgan fingerprint density at radius 3 is 2.96 bits per heavy atom. The molecular formula is C13H17N4O5P. The molecule has 0 unspecified atom stereocenters. The lowest BCUT2D eigenvalue weighted by molar-refractivity contribution is 0.372. The minimum atomic E-state index is -3.94. The van der Waals surface area contributed by atoms with Crippen molar-refractivity contribution in [2.75, 3.05) is 18.6 Å². The maximum absolute atomic E-state index is 11.7. The Balaban J connectivity index is 2.06. The molecule has 0 amide bonds. The Hall–Kier alpha value is -2.22. The van der Waals surface area contributed by atoms with Crippen LogP contribution in [-0.2, 0) is 4.57 Å². The molecule has 0 aliphatic carbocycles. The maximum atomic E-state index is 11.7. The Labute approximate surface area is 131 Å². The van der Waals surface area contributed by atoms with Crippen molar-refractivity contribution in [2.45, 2.75) is 12.8 Å². The third-order valence-electron chi connectivity index (χ3n) is 2.98. The molecule has 0 atom stereocenters. The maximum Gasteiger partial charge on any atom is 0.325 e. The highest BCUT2D eigenvalue weighted by Gasteiger charge is 2.11. The molecule has 0 bridgehead atoms. The first-order chi connectivity index (χ1) is 10.9. The molecule has 0 aliphatic rings. The van der Waals surface area contributed by atoms with Crippen LogP contribution in [0.1, 0.15) is 12.8 Å². The summed E-state index contributed by atoms with van der Waals surface area (Å²) in [5.41, 5.74) is -0.383. The summed E-state index contributed by atoms with van der Waals surface area (Å²) in [6.45, 7) is 0. The van der Waals surface area contributed by atoms with Crippen molar-refractivity contribution in [1.29, 1.82) is 0 Å². The average Bonchev–Trinajstić information content (AvgIpc) is 2.49. The number of allylic oxidation sites excluding steroid dienone is 1. The van der Waals surface area contributed by atoms with Gasteiger partial charge in [0.15, 0.2) is 0 Å². The van der Waals surface area contributed by atoms with Gasteiger partial charge in [0.1, 0.15) is 11.2 Å². The lowest BCUT2D eigenvalue weighted by Gasteiger charge is -2.07. The van der Waals surface area contributed by atoms with Gasteiger partial charge in [0.05, 0.1) is 19.5 Å². The highest BCUT2D eigenvalue weighted by atomic mass is 31.2. The minimum Gasteiger partial charge on any atom is -0.480 e. The fraction of sp³-hybridized carbons (Fsp3) is 0.308. The van der Waals surface area contributed by atoms with E-state index < -0.39 is 7.60 Å². The van der Waals surface area contributed by atoms with E-state index in [-0.39, 0.29) is 17.6 Å². The number of fused-ring (bicyclic) bond motifs is 1. The van der Waals surface area contributed by atoms with Crippen molar-refractivity contribution in [3.8, 4) is 5.88 Å². The Bertz CT molecular complexity index is 814. The number of nitrogens with zero attached hydrogens (tertiary/aromatic N) is 2. The van der Waals surface area contributed by atoms with Gasteiger partial charge < -0.3 is 19.8 Å². The third kappa shape index (κ3) is 4.88. The molecule has 4 N–H and O–H groups in total. The normalized spacial score (nSPS) is 12.0. The second-order valence-electron chi connectivity index (χ2n) is 4.76. The highest BCUT2D eigenvalue weighted by molar-refractivity contribution is 7.51. The van der Waals surface area contributed by atoms with Crippen LogP contribution in [0.3, 0.4) is 0 Å². The van der Waals surface area contributed by atoms with E-state index >= 15 is 0 Å². The van der Waals surface area contributed by atoms with Crippen molar-refractivity contribution >= 4 is 24.2 Å². The molecule has 2 aromatic heterocycles. The number of anilines is 1. The SMILES string of the molecule is COc1nc(N/C=C\CCCP(=O)(O)O)cc2cn[nH]c(=O)c12. The molecule has 10 heteroatoms. The number of aromatic nitrogens is 3. The number of pyridine rings is 1. The van der Waals surface area contributed by atoms with Crippen molar-refractivity contribution in [3.05, 3.63) is 34.9 Å². The zero-order valence-electron chi connectivity index (χ0n) is 12.4. The second kappa shape index (κ2) is 7.36. The van der Waals surface area contributed by atoms with Gasteiger partial charge in [-0.2, -0.15) is 10.1 Å². The molecule has 2 heterocycles. The van der Waals surface area contributed by atoms with Crippen molar-refractivity contribution in [2.24, 2.45) is 0 Å². The first kappa shape index (κ1) is 17.1. The largest absolute Gasteiger partial charge is 0.480 e. The van der Waals surface area contributed by atoms with Crippen LogP contribution in [0.5, 0.6) is 5.88 Å². The highest BCUT2D eigenvalue weighted by Crippen LogP contribution is 2.35. The molecule has 0 saturated carbocycles. The standard InChI is InChI=1S/C13H17N4O5P/c1-22-13-11-9(8-15-17-12(11)18)7-10(16-13)14-5-3-2-4-6-23(19,20)21/h3,5,7-8H,2,4,6H2,1H3,(H,14,16)(H,17,18)(H2,19,20,21)/b5-3-. The summed E-state index contributed by atoms with van der Waals surface area (Å²) >= 11 is 0. The number of aromatic amines is 1. The van der Waals surface area contributed by atoms with Crippen LogP contribution >= 0.6 is 7.60 Å². The van der Waals surface area contributed by atoms with Gasteiger partial charge in [0, 0.05) is 5.39 Å². The molecule has 0 spiro atoms. The van der Waals surface area contributed by atoms with Gasteiger partial charge in [-0.15, -0.1) is 0 Å². The number of H-pyrrole nitrogens is 1. The van der Waals surface area contributed by atoms with Gasteiger partial charge in [-0.3, -0.25) is 9.36 Å². The zero-order chi connectivity index (χ0) is 16.9. The van der Waals surface area contributed by atoms with Crippen LogP contribution in [0.4, 0.5) is 5.82 Å². The topological polar surface area (TPSA) is 137 Å².